The average molecular weight is 435 g/mol. The number of nitro groups is 1. The summed E-state index contributed by atoms with van der Waals surface area (Å²) in [7, 11) is -2.31. The van der Waals surface area contributed by atoms with E-state index in [4.69, 9.17) is 11.6 Å². The van der Waals surface area contributed by atoms with Crippen molar-refractivity contribution >= 4 is 44.9 Å². The molecule has 2 aromatic carbocycles. The molecule has 0 saturated heterocycles. The Morgan fingerprint density at radius 2 is 2.07 bits per heavy atom. The molecule has 3 rings (SSSR count). The highest BCUT2D eigenvalue weighted by Crippen LogP contribution is 2.29. The maximum Gasteiger partial charge on any atom is 0.295 e. The quantitative estimate of drug-likeness (QED) is 0.333. The highest BCUT2D eigenvalue weighted by atomic mass is 35.5. The highest BCUT2D eigenvalue weighted by molar-refractivity contribution is 7.92. The van der Waals surface area contributed by atoms with Gasteiger partial charge in [0.2, 0.25) is 0 Å². The van der Waals surface area contributed by atoms with Gasteiger partial charge in [-0.05, 0) is 30.3 Å². The molecule has 3 aromatic rings. The van der Waals surface area contributed by atoms with Crippen molar-refractivity contribution in [3.05, 3.63) is 75.6 Å². The molecular formula is C17H15ClN6O4S. The van der Waals surface area contributed by atoms with Crippen LogP contribution in [0.1, 0.15) is 5.56 Å². The minimum Gasteiger partial charge on any atom is -0.280 e. The highest BCUT2D eigenvalue weighted by Gasteiger charge is 2.21. The number of aromatic nitrogens is 2. The summed E-state index contributed by atoms with van der Waals surface area (Å²) in [5, 5.41) is 19.7. The Morgan fingerprint density at radius 1 is 1.28 bits per heavy atom. The summed E-state index contributed by atoms with van der Waals surface area (Å²) in [4.78, 5) is 10.4. The lowest BCUT2D eigenvalue weighted by Gasteiger charge is -2.09. The first kappa shape index (κ1) is 20.3. The van der Waals surface area contributed by atoms with Crippen molar-refractivity contribution in [2.24, 2.45) is 12.1 Å². The number of nitrogens with zero attached hydrogens (tertiary/aromatic N) is 4. The molecule has 10 nitrogen and oxygen atoms in total. The summed E-state index contributed by atoms with van der Waals surface area (Å²) >= 11 is 5.85. The summed E-state index contributed by atoms with van der Waals surface area (Å²) in [5.74, 6) is 0. The smallest absolute Gasteiger partial charge is 0.280 e. The lowest BCUT2D eigenvalue weighted by atomic mass is 10.3. The molecule has 1 heterocycles. The van der Waals surface area contributed by atoms with Gasteiger partial charge in [0.1, 0.15) is 5.69 Å². The number of rotatable bonds is 7. The number of halogens is 1. The first-order valence-electron chi connectivity index (χ1n) is 8.09. The van der Waals surface area contributed by atoms with Crippen molar-refractivity contribution in [1.82, 2.24) is 9.78 Å². The molecule has 1 aromatic heterocycles. The first-order chi connectivity index (χ1) is 13.7. The average Bonchev–Trinajstić information content (AvgIpc) is 3.06. The van der Waals surface area contributed by atoms with Crippen LogP contribution in [0.3, 0.4) is 0 Å². The molecule has 0 aliphatic carbocycles. The number of nitrogens with one attached hydrogen (secondary N) is 2. The van der Waals surface area contributed by atoms with Crippen molar-refractivity contribution < 1.29 is 13.3 Å². The minimum atomic E-state index is -4.05. The third kappa shape index (κ3) is 5.09. The monoisotopic (exact) mass is 434 g/mol. The molecule has 12 heteroatoms. The fourth-order valence-electron chi connectivity index (χ4n) is 2.37. The molecule has 0 aliphatic rings. The molecule has 0 saturated carbocycles. The largest absolute Gasteiger partial charge is 0.295 e. The van der Waals surface area contributed by atoms with Crippen LogP contribution in [0, 0.1) is 10.1 Å². The van der Waals surface area contributed by atoms with Crippen LogP contribution in [0.25, 0.3) is 0 Å². The van der Waals surface area contributed by atoms with E-state index >= 15 is 0 Å². The molecule has 0 unspecified atom stereocenters. The van der Waals surface area contributed by atoms with Crippen LogP contribution < -0.4 is 10.1 Å². The van der Waals surface area contributed by atoms with Gasteiger partial charge >= 0.3 is 0 Å². The van der Waals surface area contributed by atoms with E-state index in [0.29, 0.717) is 10.6 Å². The molecule has 0 bridgehead atoms. The summed E-state index contributed by atoms with van der Waals surface area (Å²) in [6.45, 7) is 0. The lowest BCUT2D eigenvalue weighted by Crippen LogP contribution is -2.13. The summed E-state index contributed by atoms with van der Waals surface area (Å²) in [6, 6.07) is 9.58. The normalized spacial score (nSPS) is 11.5. The van der Waals surface area contributed by atoms with E-state index in [9.17, 15) is 18.5 Å². The maximum absolute atomic E-state index is 12.6. The van der Waals surface area contributed by atoms with Gasteiger partial charge in [0.15, 0.2) is 0 Å². The molecule has 0 atom stereocenters. The Morgan fingerprint density at radius 3 is 2.72 bits per heavy atom. The van der Waals surface area contributed by atoms with Gasteiger partial charge in [0.05, 0.1) is 27.9 Å². The van der Waals surface area contributed by atoms with Crippen LogP contribution in [0.15, 0.2) is 64.9 Å². The summed E-state index contributed by atoms with van der Waals surface area (Å²) in [5.41, 5.74) is 3.07. The summed E-state index contributed by atoms with van der Waals surface area (Å²) < 4.78 is 29.0. The van der Waals surface area contributed by atoms with Gasteiger partial charge in [0, 0.05) is 29.9 Å². The van der Waals surface area contributed by atoms with E-state index in [1.807, 2.05) is 0 Å². The van der Waals surface area contributed by atoms with Crippen LogP contribution >= 0.6 is 11.6 Å². The Kier molecular flexibility index (Phi) is 5.80. The standard InChI is InChI=1S/C17H15ClN6O4S/c1-23-11-12(10-20-23)9-19-21-16-6-5-15(8-17(16)24(25)26)29(27,28)22-14-4-2-3-13(18)7-14/h2-11,21-22H,1H3/b19-9+. The number of anilines is 2. The van der Waals surface area contributed by atoms with Crippen LogP contribution in [0.5, 0.6) is 0 Å². The second-order valence-electron chi connectivity index (χ2n) is 5.87. The molecule has 2 N–H and O–H groups in total. The van der Waals surface area contributed by atoms with Crippen LogP contribution in [0.2, 0.25) is 5.02 Å². The fraction of sp³-hybridized carbons (Fsp3) is 0.0588. The van der Waals surface area contributed by atoms with Gasteiger partial charge in [-0.25, -0.2) is 8.42 Å². The Balaban J connectivity index is 1.85. The molecule has 0 radical (unpaired) electrons. The second kappa shape index (κ2) is 8.29. The molecule has 150 valence electrons. The maximum atomic E-state index is 12.6. The van der Waals surface area contributed by atoms with E-state index < -0.39 is 20.6 Å². The van der Waals surface area contributed by atoms with Gasteiger partial charge in [0.25, 0.3) is 15.7 Å². The molecule has 0 amide bonds. The number of nitro benzene ring substituents is 1. The van der Waals surface area contributed by atoms with Crippen molar-refractivity contribution in [3.63, 3.8) is 0 Å². The lowest BCUT2D eigenvalue weighted by molar-refractivity contribution is -0.384. The van der Waals surface area contributed by atoms with Gasteiger partial charge < -0.3 is 0 Å². The number of hydrogen-bond donors (Lipinski definition) is 2. The number of hydrazone groups is 1. The van der Waals surface area contributed by atoms with E-state index in [0.717, 1.165) is 6.07 Å². The van der Waals surface area contributed by atoms with Gasteiger partial charge in [-0.1, -0.05) is 17.7 Å². The Hall–Kier alpha value is -3.44. The van der Waals surface area contributed by atoms with Crippen LogP contribution in [-0.4, -0.2) is 29.3 Å². The molecular weight excluding hydrogens is 420 g/mol. The minimum absolute atomic E-state index is 0.0387. The fourth-order valence-corrected chi connectivity index (χ4v) is 3.63. The Labute approximate surface area is 171 Å². The molecule has 0 aliphatic heterocycles. The predicted molar refractivity (Wildman–Crippen MR) is 110 cm³/mol. The van der Waals surface area contributed by atoms with E-state index in [1.54, 1.807) is 36.3 Å². The van der Waals surface area contributed by atoms with Gasteiger partial charge in [-0.2, -0.15) is 10.2 Å². The van der Waals surface area contributed by atoms with Crippen molar-refractivity contribution in [1.29, 1.82) is 0 Å². The number of hydrogen-bond acceptors (Lipinski definition) is 7. The topological polar surface area (TPSA) is 132 Å². The SMILES string of the molecule is Cn1cc(/C=N/Nc2ccc(S(=O)(=O)Nc3cccc(Cl)c3)cc2[N+](=O)[O-])cn1. The van der Waals surface area contributed by atoms with Crippen LogP contribution in [-0.2, 0) is 17.1 Å². The second-order valence-corrected chi connectivity index (χ2v) is 7.99. The summed E-state index contributed by atoms with van der Waals surface area (Å²) in [6.07, 6.45) is 4.70. The zero-order valence-electron chi connectivity index (χ0n) is 15.0. The van der Waals surface area contributed by atoms with E-state index in [2.05, 4.69) is 20.3 Å². The predicted octanol–water partition coefficient (Wildman–Crippen LogP) is 3.23. The zero-order valence-corrected chi connectivity index (χ0v) is 16.6. The van der Waals surface area contributed by atoms with Gasteiger partial charge in [-0.15, -0.1) is 0 Å². The zero-order chi connectivity index (χ0) is 21.0. The first-order valence-corrected chi connectivity index (χ1v) is 9.95. The third-order valence-corrected chi connectivity index (χ3v) is 5.29. The van der Waals surface area contributed by atoms with Crippen molar-refractivity contribution in [2.75, 3.05) is 10.1 Å². The number of aryl methyl sites for hydroxylation is 1. The third-order valence-electron chi connectivity index (χ3n) is 3.68. The van der Waals surface area contributed by atoms with Crippen molar-refractivity contribution in [3.8, 4) is 0 Å². The molecule has 0 spiro atoms. The Bertz CT molecular complexity index is 1190. The van der Waals surface area contributed by atoms with Gasteiger partial charge in [-0.3, -0.25) is 24.9 Å². The number of sulfonamides is 1. The van der Waals surface area contributed by atoms with Crippen LogP contribution in [0.4, 0.5) is 17.1 Å². The number of benzene rings is 2. The molecule has 29 heavy (non-hydrogen) atoms. The molecule has 0 fully saturated rings. The van der Waals surface area contributed by atoms with E-state index in [1.165, 1.54) is 30.5 Å². The van der Waals surface area contributed by atoms with Crippen molar-refractivity contribution in [2.45, 2.75) is 4.90 Å². The van der Waals surface area contributed by atoms with E-state index in [-0.39, 0.29) is 16.3 Å².